The summed E-state index contributed by atoms with van der Waals surface area (Å²) in [5, 5.41) is 0. The molecule has 0 bridgehead atoms. The summed E-state index contributed by atoms with van der Waals surface area (Å²) in [5.41, 5.74) is 9.24. The number of hydrogen-bond acceptors (Lipinski definition) is 4. The Labute approximate surface area is 180 Å². The number of nitrogens with zero attached hydrogens (tertiary/aromatic N) is 3. The predicted octanol–water partition coefficient (Wildman–Crippen LogP) is 2.68. The highest BCUT2D eigenvalue weighted by atomic mass is 16.2. The molecule has 0 aliphatic rings. The van der Waals surface area contributed by atoms with Gasteiger partial charge in [0.2, 0.25) is 5.91 Å². The molecule has 30 heavy (non-hydrogen) atoms. The molecular weight excluding hydrogens is 376 g/mol. The monoisotopic (exact) mass is 410 g/mol. The quantitative estimate of drug-likeness (QED) is 0.654. The molecule has 2 aromatic carbocycles. The van der Waals surface area contributed by atoms with Crippen LogP contribution in [0.1, 0.15) is 29.8 Å². The van der Waals surface area contributed by atoms with E-state index >= 15 is 0 Å². The normalized spacial score (nSPS) is 10.9. The lowest BCUT2D eigenvalue weighted by molar-refractivity contribution is -0.128. The van der Waals surface area contributed by atoms with Crippen molar-refractivity contribution in [1.29, 1.82) is 0 Å². The minimum atomic E-state index is -0.0895. The Bertz CT molecular complexity index is 831. The lowest BCUT2D eigenvalue weighted by Crippen LogP contribution is -2.36. The first kappa shape index (κ1) is 23.6. The number of hydrogen-bond donors (Lipinski definition) is 1. The molecule has 0 heterocycles. The van der Waals surface area contributed by atoms with E-state index in [1.54, 1.807) is 16.8 Å². The van der Waals surface area contributed by atoms with E-state index in [2.05, 4.69) is 24.8 Å². The van der Waals surface area contributed by atoms with Crippen molar-refractivity contribution in [2.24, 2.45) is 5.73 Å². The molecule has 0 radical (unpaired) electrons. The zero-order valence-electron chi connectivity index (χ0n) is 18.6. The van der Waals surface area contributed by atoms with Gasteiger partial charge in [-0.25, -0.2) is 0 Å². The second-order valence-electron chi connectivity index (χ2n) is 7.49. The summed E-state index contributed by atoms with van der Waals surface area (Å²) in [6, 6.07) is 15.8. The van der Waals surface area contributed by atoms with Crippen molar-refractivity contribution >= 4 is 11.8 Å². The van der Waals surface area contributed by atoms with E-state index in [0.717, 1.165) is 36.3 Å². The van der Waals surface area contributed by atoms with Crippen LogP contribution in [-0.4, -0.2) is 73.3 Å². The molecule has 0 atom stereocenters. The third-order valence-corrected chi connectivity index (χ3v) is 5.41. The van der Waals surface area contributed by atoms with E-state index in [9.17, 15) is 9.59 Å². The Balaban J connectivity index is 2.05. The topological polar surface area (TPSA) is 69.9 Å². The van der Waals surface area contributed by atoms with Crippen molar-refractivity contribution in [2.75, 3.05) is 46.8 Å². The van der Waals surface area contributed by atoms with Crippen LogP contribution in [0.4, 0.5) is 0 Å². The Morgan fingerprint density at radius 2 is 1.53 bits per heavy atom. The maximum absolute atomic E-state index is 12.7. The largest absolute Gasteiger partial charge is 0.340 e. The van der Waals surface area contributed by atoms with Gasteiger partial charge in [-0.05, 0) is 48.0 Å². The Morgan fingerprint density at radius 1 is 0.867 bits per heavy atom. The lowest BCUT2D eigenvalue weighted by atomic mass is 10.0. The van der Waals surface area contributed by atoms with Gasteiger partial charge in [-0.2, -0.15) is 0 Å². The highest BCUT2D eigenvalue weighted by Gasteiger charge is 2.13. The summed E-state index contributed by atoms with van der Waals surface area (Å²) in [7, 11) is 3.60. The first-order chi connectivity index (χ1) is 14.4. The summed E-state index contributed by atoms with van der Waals surface area (Å²) < 4.78 is 0. The average Bonchev–Trinajstić information content (AvgIpc) is 2.78. The molecule has 0 aliphatic carbocycles. The van der Waals surface area contributed by atoms with E-state index < -0.39 is 0 Å². The molecule has 0 unspecified atom stereocenters. The van der Waals surface area contributed by atoms with Crippen molar-refractivity contribution in [1.82, 2.24) is 14.7 Å². The number of carbonyl (C=O) groups excluding carboxylic acids is 2. The maximum atomic E-state index is 12.7. The van der Waals surface area contributed by atoms with Gasteiger partial charge in [-0.15, -0.1) is 0 Å². The molecule has 0 aromatic heterocycles. The number of carbonyl (C=O) groups is 2. The SMILES string of the molecule is CCN(CC)CCN(C)C(=O)c1ccc(-c2cccc(CN(C)C(=O)CN)c2)cc1. The van der Waals surface area contributed by atoms with Crippen molar-refractivity contribution in [3.63, 3.8) is 0 Å². The van der Waals surface area contributed by atoms with Gasteiger partial charge in [-0.3, -0.25) is 9.59 Å². The summed E-state index contributed by atoms with van der Waals surface area (Å²) in [4.78, 5) is 30.1. The number of rotatable bonds is 10. The van der Waals surface area contributed by atoms with Crippen LogP contribution in [0, 0.1) is 0 Å². The van der Waals surface area contributed by atoms with E-state index in [4.69, 9.17) is 5.73 Å². The van der Waals surface area contributed by atoms with Crippen LogP contribution >= 0.6 is 0 Å². The first-order valence-electron chi connectivity index (χ1n) is 10.5. The zero-order chi connectivity index (χ0) is 22.1. The van der Waals surface area contributed by atoms with Gasteiger partial charge in [0.05, 0.1) is 6.54 Å². The van der Waals surface area contributed by atoms with Crippen molar-refractivity contribution in [3.8, 4) is 11.1 Å². The molecule has 0 saturated carbocycles. The summed E-state index contributed by atoms with van der Waals surface area (Å²) in [6.45, 7) is 8.35. The van der Waals surface area contributed by atoms with Gasteiger partial charge in [0.25, 0.3) is 5.91 Å². The third kappa shape index (κ3) is 6.40. The standard InChI is InChI=1S/C24H34N4O2/c1-5-28(6-2)15-14-26(3)24(30)21-12-10-20(11-13-21)22-9-7-8-19(16-22)18-27(4)23(29)17-25/h7-13,16H,5-6,14-15,17-18,25H2,1-4H3. The molecular formula is C24H34N4O2. The van der Waals surface area contributed by atoms with Crippen LogP contribution in [0.5, 0.6) is 0 Å². The molecule has 0 aliphatic heterocycles. The molecule has 0 spiro atoms. The van der Waals surface area contributed by atoms with Gasteiger partial charge in [0, 0.05) is 39.3 Å². The first-order valence-corrected chi connectivity index (χ1v) is 10.5. The van der Waals surface area contributed by atoms with Crippen molar-refractivity contribution in [3.05, 3.63) is 59.7 Å². The van der Waals surface area contributed by atoms with Crippen molar-refractivity contribution in [2.45, 2.75) is 20.4 Å². The number of amides is 2. The van der Waals surface area contributed by atoms with Crippen LogP contribution in [0.25, 0.3) is 11.1 Å². The lowest BCUT2D eigenvalue weighted by Gasteiger charge is -2.23. The molecule has 0 saturated heterocycles. The fraction of sp³-hybridized carbons (Fsp3) is 0.417. The molecule has 0 fully saturated rings. The number of benzene rings is 2. The van der Waals surface area contributed by atoms with E-state index in [1.807, 2.05) is 49.5 Å². The van der Waals surface area contributed by atoms with Gasteiger partial charge in [-0.1, -0.05) is 44.2 Å². The average molecular weight is 411 g/mol. The highest BCUT2D eigenvalue weighted by Crippen LogP contribution is 2.22. The summed E-state index contributed by atoms with van der Waals surface area (Å²) >= 11 is 0. The minimum Gasteiger partial charge on any atom is -0.340 e. The van der Waals surface area contributed by atoms with Gasteiger partial charge in [0.1, 0.15) is 0 Å². The van der Waals surface area contributed by atoms with Crippen LogP contribution in [0.2, 0.25) is 0 Å². The van der Waals surface area contributed by atoms with E-state index in [-0.39, 0.29) is 18.4 Å². The molecule has 162 valence electrons. The van der Waals surface area contributed by atoms with Gasteiger partial charge >= 0.3 is 0 Å². The molecule has 2 aromatic rings. The van der Waals surface area contributed by atoms with Crippen molar-refractivity contribution < 1.29 is 9.59 Å². The number of nitrogens with two attached hydrogens (primary N) is 1. The molecule has 2 rings (SSSR count). The Morgan fingerprint density at radius 3 is 2.13 bits per heavy atom. The highest BCUT2D eigenvalue weighted by molar-refractivity contribution is 5.94. The molecule has 2 amide bonds. The molecule has 2 N–H and O–H groups in total. The Hall–Kier alpha value is -2.70. The summed E-state index contributed by atoms with van der Waals surface area (Å²) in [5.74, 6) is -0.0576. The summed E-state index contributed by atoms with van der Waals surface area (Å²) in [6.07, 6.45) is 0. The fourth-order valence-electron chi connectivity index (χ4n) is 3.33. The van der Waals surface area contributed by atoms with Crippen LogP contribution in [0.3, 0.4) is 0 Å². The third-order valence-electron chi connectivity index (χ3n) is 5.41. The minimum absolute atomic E-state index is 0.00898. The van der Waals surface area contributed by atoms with Gasteiger partial charge < -0.3 is 20.4 Å². The Kier molecular flexibility index (Phi) is 9.02. The smallest absolute Gasteiger partial charge is 0.253 e. The molecule has 6 heteroatoms. The van der Waals surface area contributed by atoms with E-state index in [1.165, 1.54) is 0 Å². The maximum Gasteiger partial charge on any atom is 0.253 e. The number of likely N-dealkylation sites (N-methyl/N-ethyl adjacent to an activating group) is 3. The second-order valence-corrected chi connectivity index (χ2v) is 7.49. The molecule has 6 nitrogen and oxygen atoms in total. The second kappa shape index (κ2) is 11.5. The predicted molar refractivity (Wildman–Crippen MR) is 122 cm³/mol. The van der Waals surface area contributed by atoms with Gasteiger partial charge in [0.15, 0.2) is 0 Å². The fourth-order valence-corrected chi connectivity index (χ4v) is 3.33. The van der Waals surface area contributed by atoms with Crippen LogP contribution in [0.15, 0.2) is 48.5 Å². The van der Waals surface area contributed by atoms with E-state index in [0.29, 0.717) is 18.7 Å². The van der Waals surface area contributed by atoms with Crippen LogP contribution in [-0.2, 0) is 11.3 Å². The zero-order valence-corrected chi connectivity index (χ0v) is 18.6. The van der Waals surface area contributed by atoms with Crippen LogP contribution < -0.4 is 5.73 Å².